The van der Waals surface area contributed by atoms with Gasteiger partial charge in [-0.1, -0.05) is 48.0 Å². The van der Waals surface area contributed by atoms with Crippen molar-refractivity contribution in [2.24, 2.45) is 0 Å². The molecule has 0 saturated heterocycles. The smallest absolute Gasteiger partial charge is 0.0485 e. The molecule has 0 spiro atoms. The summed E-state index contributed by atoms with van der Waals surface area (Å²) in [4.78, 5) is 0. The van der Waals surface area contributed by atoms with Crippen LogP contribution in [0.5, 0.6) is 0 Å². The molecular formula is C13H10Cl. The molecule has 2 aromatic carbocycles. The zero-order valence-corrected chi connectivity index (χ0v) is 8.46. The highest BCUT2D eigenvalue weighted by Crippen LogP contribution is 2.12. The van der Waals surface area contributed by atoms with Crippen molar-refractivity contribution >= 4 is 11.6 Å². The van der Waals surface area contributed by atoms with E-state index in [0.717, 1.165) is 6.42 Å². The van der Waals surface area contributed by atoms with E-state index in [2.05, 4.69) is 30.3 Å². The van der Waals surface area contributed by atoms with E-state index in [4.69, 9.17) is 11.6 Å². The first-order valence-electron chi connectivity index (χ1n) is 4.54. The predicted octanol–water partition coefficient (Wildman–Crippen LogP) is 3.73. The fourth-order valence-corrected chi connectivity index (χ4v) is 1.50. The summed E-state index contributed by atoms with van der Waals surface area (Å²) in [5.74, 6) is 0. The Balaban J connectivity index is 2.16. The standard InChI is InChI=1S/C13H10Cl/c14-13-8-6-12(7-9-13)10-11-4-2-1-3-5-11/h1-8H,10H2. The molecule has 0 amide bonds. The molecule has 0 saturated carbocycles. The highest BCUT2D eigenvalue weighted by atomic mass is 35.5. The molecule has 0 aliphatic rings. The molecule has 2 rings (SSSR count). The Labute approximate surface area is 89.2 Å². The Morgan fingerprint density at radius 3 is 2.36 bits per heavy atom. The second kappa shape index (κ2) is 4.30. The predicted molar refractivity (Wildman–Crippen MR) is 59.5 cm³/mol. The monoisotopic (exact) mass is 201 g/mol. The molecule has 0 atom stereocenters. The summed E-state index contributed by atoms with van der Waals surface area (Å²) < 4.78 is 0. The van der Waals surface area contributed by atoms with Crippen LogP contribution in [0.4, 0.5) is 0 Å². The van der Waals surface area contributed by atoms with Gasteiger partial charge in [-0.3, -0.25) is 0 Å². The van der Waals surface area contributed by atoms with Crippen molar-refractivity contribution in [3.63, 3.8) is 0 Å². The van der Waals surface area contributed by atoms with E-state index >= 15 is 0 Å². The van der Waals surface area contributed by atoms with E-state index < -0.39 is 0 Å². The topological polar surface area (TPSA) is 0 Å². The summed E-state index contributed by atoms with van der Waals surface area (Å²) in [6.45, 7) is 0. The van der Waals surface area contributed by atoms with Crippen molar-refractivity contribution in [2.45, 2.75) is 6.42 Å². The molecule has 69 valence electrons. The maximum atomic E-state index is 5.76. The largest absolute Gasteiger partial charge is 0.0837 e. The maximum absolute atomic E-state index is 5.76. The van der Waals surface area contributed by atoms with Crippen LogP contribution in [0.25, 0.3) is 0 Å². The van der Waals surface area contributed by atoms with Crippen LogP contribution in [0.2, 0.25) is 5.02 Å². The van der Waals surface area contributed by atoms with Gasteiger partial charge in [-0.2, -0.15) is 0 Å². The Morgan fingerprint density at radius 2 is 1.71 bits per heavy atom. The number of benzene rings is 2. The van der Waals surface area contributed by atoms with Crippen molar-refractivity contribution in [3.05, 3.63) is 70.7 Å². The first kappa shape index (κ1) is 9.29. The van der Waals surface area contributed by atoms with Crippen LogP contribution in [-0.4, -0.2) is 0 Å². The maximum Gasteiger partial charge on any atom is 0.0485 e. The van der Waals surface area contributed by atoms with Gasteiger partial charge in [0, 0.05) is 11.1 Å². The third-order valence-corrected chi connectivity index (χ3v) is 2.33. The number of rotatable bonds is 2. The van der Waals surface area contributed by atoms with E-state index in [1.165, 1.54) is 11.1 Å². The molecule has 0 aromatic heterocycles. The zero-order chi connectivity index (χ0) is 9.80. The molecule has 14 heavy (non-hydrogen) atoms. The highest BCUT2D eigenvalue weighted by Gasteiger charge is 1.95. The van der Waals surface area contributed by atoms with Crippen molar-refractivity contribution in [1.29, 1.82) is 0 Å². The SMILES string of the molecule is Clc1[c]cc(Cc2ccccc2)cc1. The minimum atomic E-state index is 0.668. The van der Waals surface area contributed by atoms with Gasteiger partial charge in [0.1, 0.15) is 0 Å². The fourth-order valence-electron chi connectivity index (χ4n) is 1.38. The molecule has 0 heterocycles. The summed E-state index contributed by atoms with van der Waals surface area (Å²) in [5, 5.41) is 0.668. The first-order valence-corrected chi connectivity index (χ1v) is 4.92. The van der Waals surface area contributed by atoms with E-state index in [-0.39, 0.29) is 0 Å². The number of hydrogen-bond donors (Lipinski definition) is 0. The second-order valence-electron chi connectivity index (χ2n) is 3.21. The van der Waals surface area contributed by atoms with Gasteiger partial charge in [0.25, 0.3) is 0 Å². The molecule has 0 nitrogen and oxygen atoms in total. The molecule has 0 bridgehead atoms. The van der Waals surface area contributed by atoms with Gasteiger partial charge in [0.05, 0.1) is 0 Å². The summed E-state index contributed by atoms with van der Waals surface area (Å²) >= 11 is 5.76. The van der Waals surface area contributed by atoms with E-state index in [9.17, 15) is 0 Å². The molecule has 0 unspecified atom stereocenters. The van der Waals surface area contributed by atoms with Crippen molar-refractivity contribution in [3.8, 4) is 0 Å². The third-order valence-electron chi connectivity index (χ3n) is 2.09. The Morgan fingerprint density at radius 1 is 0.929 bits per heavy atom. The normalized spacial score (nSPS) is 10.1. The first-order chi connectivity index (χ1) is 6.84. The van der Waals surface area contributed by atoms with Crippen LogP contribution >= 0.6 is 11.6 Å². The van der Waals surface area contributed by atoms with Crippen LogP contribution in [0.1, 0.15) is 11.1 Å². The average molecular weight is 202 g/mol. The Bertz CT molecular complexity index is 389. The van der Waals surface area contributed by atoms with Gasteiger partial charge in [-0.15, -0.1) is 0 Å². The quantitative estimate of drug-likeness (QED) is 0.695. The molecule has 2 aromatic rings. The van der Waals surface area contributed by atoms with Crippen LogP contribution in [-0.2, 0) is 6.42 Å². The van der Waals surface area contributed by atoms with Crippen LogP contribution in [0.3, 0.4) is 0 Å². The zero-order valence-electron chi connectivity index (χ0n) is 7.70. The van der Waals surface area contributed by atoms with E-state index in [1.54, 1.807) is 0 Å². The van der Waals surface area contributed by atoms with Crippen molar-refractivity contribution < 1.29 is 0 Å². The fraction of sp³-hybridized carbons (Fsp3) is 0.0769. The lowest BCUT2D eigenvalue weighted by molar-refractivity contribution is 1.19. The molecule has 0 aliphatic carbocycles. The summed E-state index contributed by atoms with van der Waals surface area (Å²) in [7, 11) is 0. The van der Waals surface area contributed by atoms with Gasteiger partial charge in [-0.25, -0.2) is 0 Å². The lowest BCUT2D eigenvalue weighted by atomic mass is 10.1. The van der Waals surface area contributed by atoms with Crippen molar-refractivity contribution in [2.75, 3.05) is 0 Å². The van der Waals surface area contributed by atoms with Gasteiger partial charge < -0.3 is 0 Å². The molecule has 0 aliphatic heterocycles. The van der Waals surface area contributed by atoms with Crippen molar-refractivity contribution in [1.82, 2.24) is 0 Å². The van der Waals surface area contributed by atoms with Crippen LogP contribution in [0, 0.1) is 6.07 Å². The molecule has 1 radical (unpaired) electrons. The number of hydrogen-bond acceptors (Lipinski definition) is 0. The van der Waals surface area contributed by atoms with Crippen LogP contribution in [0.15, 0.2) is 48.5 Å². The lowest BCUT2D eigenvalue weighted by Crippen LogP contribution is -1.86. The van der Waals surface area contributed by atoms with E-state index in [1.807, 2.05) is 24.3 Å². The van der Waals surface area contributed by atoms with Gasteiger partial charge in [-0.05, 0) is 29.7 Å². The van der Waals surface area contributed by atoms with Gasteiger partial charge in [0.15, 0.2) is 0 Å². The highest BCUT2D eigenvalue weighted by molar-refractivity contribution is 6.30. The molecular weight excluding hydrogens is 192 g/mol. The summed E-state index contributed by atoms with van der Waals surface area (Å²) in [6.07, 6.45) is 0.939. The van der Waals surface area contributed by atoms with Crippen LogP contribution < -0.4 is 0 Å². The minimum Gasteiger partial charge on any atom is -0.0837 e. The molecule has 1 heteroatoms. The van der Waals surface area contributed by atoms with E-state index in [0.29, 0.717) is 5.02 Å². The van der Waals surface area contributed by atoms with Gasteiger partial charge in [0.2, 0.25) is 0 Å². The summed E-state index contributed by atoms with van der Waals surface area (Å²) in [6, 6.07) is 19.2. The Hall–Kier alpha value is -1.27. The Kier molecular flexibility index (Phi) is 2.85. The minimum absolute atomic E-state index is 0.668. The summed E-state index contributed by atoms with van der Waals surface area (Å²) in [5.41, 5.74) is 2.55. The lowest BCUT2D eigenvalue weighted by Gasteiger charge is -2.00. The average Bonchev–Trinajstić information content (AvgIpc) is 2.23. The molecule has 0 N–H and O–H groups in total. The number of halogens is 1. The third kappa shape index (κ3) is 2.36. The second-order valence-corrected chi connectivity index (χ2v) is 3.61. The molecule has 0 fully saturated rings. The van der Waals surface area contributed by atoms with Gasteiger partial charge >= 0.3 is 0 Å².